The third kappa shape index (κ3) is 2.52. The fourth-order valence-electron chi connectivity index (χ4n) is 1.49. The van der Waals surface area contributed by atoms with E-state index in [1.807, 2.05) is 0 Å². The summed E-state index contributed by atoms with van der Waals surface area (Å²) in [5, 5.41) is 0. The van der Waals surface area contributed by atoms with Crippen LogP contribution < -0.4 is 5.73 Å². The van der Waals surface area contributed by atoms with Gasteiger partial charge in [0, 0.05) is 12.3 Å². The van der Waals surface area contributed by atoms with Gasteiger partial charge in [0.25, 0.3) is 0 Å². The van der Waals surface area contributed by atoms with Gasteiger partial charge in [-0.25, -0.2) is 8.42 Å². The Balaban J connectivity index is 2.93. The van der Waals surface area contributed by atoms with Crippen molar-refractivity contribution >= 4 is 9.84 Å². The summed E-state index contributed by atoms with van der Waals surface area (Å²) in [5.74, 6) is 0. The molecule has 5 heteroatoms. The second-order valence-corrected chi connectivity index (χ2v) is 7.12. The average Bonchev–Trinajstić information content (AvgIpc) is 2.16. The summed E-state index contributed by atoms with van der Waals surface area (Å²) in [4.78, 5) is 0. The maximum absolute atomic E-state index is 11.6. The third-order valence-corrected chi connectivity index (χ3v) is 5.23. The van der Waals surface area contributed by atoms with Gasteiger partial charge in [-0.3, -0.25) is 0 Å². The lowest BCUT2D eigenvalue weighted by Gasteiger charge is -2.32. The molecule has 15 heavy (non-hydrogen) atoms. The van der Waals surface area contributed by atoms with Gasteiger partial charge in [-0.1, -0.05) is 0 Å². The van der Waals surface area contributed by atoms with Crippen LogP contribution in [0.15, 0.2) is 11.8 Å². The maximum Gasteiger partial charge on any atom is 0.154 e. The van der Waals surface area contributed by atoms with Crippen molar-refractivity contribution in [2.75, 3.05) is 12.9 Å². The second-order valence-electron chi connectivity index (χ2n) is 4.52. The Hall–Kier alpha value is -0.550. The van der Waals surface area contributed by atoms with Gasteiger partial charge in [0.1, 0.15) is 0 Å². The molecule has 0 spiro atoms. The second kappa shape index (κ2) is 4.14. The number of rotatable bonds is 3. The lowest BCUT2D eigenvalue weighted by Crippen LogP contribution is -2.50. The van der Waals surface area contributed by atoms with Gasteiger partial charge in [-0.05, 0) is 32.3 Å². The van der Waals surface area contributed by atoms with E-state index in [-0.39, 0.29) is 0 Å². The van der Waals surface area contributed by atoms with Crippen molar-refractivity contribution in [1.82, 2.24) is 0 Å². The highest BCUT2D eigenvalue weighted by molar-refractivity contribution is 7.92. The highest BCUT2D eigenvalue weighted by atomic mass is 32.2. The zero-order valence-corrected chi connectivity index (χ0v) is 10.3. The Labute approximate surface area is 91.4 Å². The molecule has 1 atom stereocenters. The van der Waals surface area contributed by atoms with Crippen molar-refractivity contribution in [3.8, 4) is 0 Å². The van der Waals surface area contributed by atoms with Crippen LogP contribution in [-0.2, 0) is 14.6 Å². The van der Waals surface area contributed by atoms with Crippen LogP contribution in [0.2, 0.25) is 0 Å². The first-order valence-corrected chi connectivity index (χ1v) is 6.91. The molecule has 0 aliphatic carbocycles. The van der Waals surface area contributed by atoms with Crippen molar-refractivity contribution in [3.05, 3.63) is 11.8 Å². The maximum atomic E-state index is 11.6. The smallest absolute Gasteiger partial charge is 0.154 e. The van der Waals surface area contributed by atoms with E-state index in [2.05, 4.69) is 0 Å². The predicted octanol–water partition coefficient (Wildman–Crippen LogP) is 0.831. The molecule has 0 radical (unpaired) electrons. The van der Waals surface area contributed by atoms with E-state index in [1.54, 1.807) is 20.1 Å². The number of ether oxygens (including phenoxy) is 1. The van der Waals surface area contributed by atoms with Gasteiger partial charge < -0.3 is 10.5 Å². The number of hydrogen-bond acceptors (Lipinski definition) is 4. The minimum Gasteiger partial charge on any atom is -0.501 e. The summed E-state index contributed by atoms with van der Waals surface area (Å²) in [7, 11) is -3.17. The van der Waals surface area contributed by atoms with E-state index in [4.69, 9.17) is 10.5 Å². The zero-order chi connectivity index (χ0) is 11.7. The largest absolute Gasteiger partial charge is 0.501 e. The molecule has 88 valence electrons. The molecule has 0 bridgehead atoms. The summed E-state index contributed by atoms with van der Waals surface area (Å²) >= 11 is 0. The molecule has 1 aliphatic heterocycles. The Morgan fingerprint density at radius 1 is 1.53 bits per heavy atom. The molecule has 1 heterocycles. The Kier molecular flexibility index (Phi) is 3.45. The topological polar surface area (TPSA) is 69.4 Å². The van der Waals surface area contributed by atoms with Crippen LogP contribution in [0.5, 0.6) is 0 Å². The first kappa shape index (κ1) is 12.5. The fraction of sp³-hybridized carbons (Fsp3) is 0.800. The van der Waals surface area contributed by atoms with Crippen LogP contribution in [0.1, 0.15) is 26.7 Å². The molecule has 0 aromatic carbocycles. The molecule has 0 saturated carbocycles. The Morgan fingerprint density at radius 3 is 2.53 bits per heavy atom. The van der Waals surface area contributed by atoms with Gasteiger partial charge in [-0.2, -0.15) is 0 Å². The Bertz CT molecular complexity index is 357. The van der Waals surface area contributed by atoms with Crippen molar-refractivity contribution in [2.45, 2.75) is 37.5 Å². The first-order valence-electron chi connectivity index (χ1n) is 5.02. The van der Waals surface area contributed by atoms with Crippen molar-refractivity contribution in [1.29, 1.82) is 0 Å². The molecule has 0 aromatic rings. The molecule has 2 N–H and O–H groups in total. The van der Waals surface area contributed by atoms with Gasteiger partial charge in [0.05, 0.1) is 17.6 Å². The molecule has 0 amide bonds. The number of hydrogen-bond donors (Lipinski definition) is 1. The fourth-order valence-corrected chi connectivity index (χ4v) is 2.10. The number of nitrogens with two attached hydrogens (primary N) is 1. The summed E-state index contributed by atoms with van der Waals surface area (Å²) < 4.78 is 27.4. The number of sulfone groups is 1. The molecular weight excluding hydrogens is 214 g/mol. The van der Waals surface area contributed by atoms with E-state index in [0.29, 0.717) is 6.61 Å². The monoisotopic (exact) mass is 233 g/mol. The minimum absolute atomic E-state index is 0.493. The summed E-state index contributed by atoms with van der Waals surface area (Å²) in [6, 6.07) is -0.493. The highest BCUT2D eigenvalue weighted by Crippen LogP contribution is 2.27. The standard InChI is InChI=1S/C10H19NO3S/c1-10(2,15(3,12)13)9(11)8-5-4-6-14-7-8/h7,9H,4-6,11H2,1-3H3. The third-order valence-electron chi connectivity index (χ3n) is 3.07. The van der Waals surface area contributed by atoms with Gasteiger partial charge >= 0.3 is 0 Å². The van der Waals surface area contributed by atoms with E-state index >= 15 is 0 Å². The summed E-state index contributed by atoms with van der Waals surface area (Å²) in [6.45, 7) is 4.00. The normalized spacial score (nSPS) is 20.4. The summed E-state index contributed by atoms with van der Waals surface area (Å²) in [6.07, 6.45) is 4.55. The first-order chi connectivity index (χ1) is 6.77. The van der Waals surface area contributed by atoms with E-state index in [9.17, 15) is 8.42 Å². The van der Waals surface area contributed by atoms with Crippen LogP contribution in [-0.4, -0.2) is 32.1 Å². The average molecular weight is 233 g/mol. The molecule has 0 fully saturated rings. The molecule has 4 nitrogen and oxygen atoms in total. The Morgan fingerprint density at radius 2 is 2.13 bits per heavy atom. The van der Waals surface area contributed by atoms with E-state index in [1.165, 1.54) is 6.26 Å². The van der Waals surface area contributed by atoms with Crippen molar-refractivity contribution in [2.24, 2.45) is 5.73 Å². The SMILES string of the molecule is CC(C)(C(N)C1=COCCC1)S(C)(=O)=O. The molecule has 1 rings (SSSR count). The van der Waals surface area contributed by atoms with Crippen molar-refractivity contribution in [3.63, 3.8) is 0 Å². The predicted molar refractivity (Wildman–Crippen MR) is 60.2 cm³/mol. The molecule has 1 aliphatic rings. The van der Waals surface area contributed by atoms with Gasteiger partial charge in [0.15, 0.2) is 9.84 Å². The van der Waals surface area contributed by atoms with Crippen LogP contribution in [0.25, 0.3) is 0 Å². The van der Waals surface area contributed by atoms with Gasteiger partial charge in [0.2, 0.25) is 0 Å². The van der Waals surface area contributed by atoms with Crippen LogP contribution in [0.3, 0.4) is 0 Å². The quantitative estimate of drug-likeness (QED) is 0.784. The minimum atomic E-state index is -3.17. The molecule has 0 aromatic heterocycles. The van der Waals surface area contributed by atoms with Crippen LogP contribution in [0.4, 0.5) is 0 Å². The van der Waals surface area contributed by atoms with E-state index in [0.717, 1.165) is 18.4 Å². The molecule has 1 unspecified atom stereocenters. The lowest BCUT2D eigenvalue weighted by atomic mass is 9.93. The highest BCUT2D eigenvalue weighted by Gasteiger charge is 2.39. The van der Waals surface area contributed by atoms with E-state index < -0.39 is 20.6 Å². The lowest BCUT2D eigenvalue weighted by molar-refractivity contribution is 0.219. The molecular formula is C10H19NO3S. The van der Waals surface area contributed by atoms with Crippen molar-refractivity contribution < 1.29 is 13.2 Å². The summed E-state index contributed by atoms with van der Waals surface area (Å²) in [5.41, 5.74) is 6.87. The molecule has 0 saturated heterocycles. The van der Waals surface area contributed by atoms with Gasteiger partial charge in [-0.15, -0.1) is 0 Å². The zero-order valence-electron chi connectivity index (χ0n) is 9.49. The van der Waals surface area contributed by atoms with Crippen LogP contribution >= 0.6 is 0 Å². The van der Waals surface area contributed by atoms with Crippen LogP contribution in [0, 0.1) is 0 Å².